The molecule has 1 aromatic heterocycles. The predicted molar refractivity (Wildman–Crippen MR) is 57.1 cm³/mol. The van der Waals surface area contributed by atoms with Gasteiger partial charge in [-0.25, -0.2) is 4.98 Å². The molecule has 2 aliphatic rings. The fraction of sp³-hybridized carbons (Fsp3) is 0.417. The zero-order valence-corrected chi connectivity index (χ0v) is 8.21. The van der Waals surface area contributed by atoms with Crippen LogP contribution in [0.25, 0.3) is 0 Å². The number of nitrogens with one attached hydrogen (secondary N) is 1. The van der Waals surface area contributed by atoms with Crippen LogP contribution in [0.4, 0.5) is 5.82 Å². The molecule has 1 aromatic rings. The number of hydrogen-bond donors (Lipinski definition) is 1. The molecule has 0 unspecified atom stereocenters. The standard InChI is InChI=1S/C12H14N2/c1-9-12(6-2-3-7-12)10-5-4-8-13-11(10)14-9/h4-5,8H,1-3,6-7H2,(H,13,14). The van der Waals surface area contributed by atoms with Gasteiger partial charge in [-0.15, -0.1) is 0 Å². The largest absolute Gasteiger partial charge is 0.343 e. The highest BCUT2D eigenvalue weighted by Gasteiger charge is 2.44. The highest BCUT2D eigenvalue weighted by atomic mass is 15.0. The molecular formula is C12H14N2. The molecule has 1 N–H and O–H groups in total. The maximum atomic E-state index is 4.36. The van der Waals surface area contributed by atoms with Crippen LogP contribution in [0.1, 0.15) is 31.2 Å². The Labute approximate surface area is 84.1 Å². The van der Waals surface area contributed by atoms with E-state index in [1.165, 1.54) is 31.2 Å². The lowest BCUT2D eigenvalue weighted by atomic mass is 9.79. The monoisotopic (exact) mass is 186 g/mol. The molecule has 2 nitrogen and oxygen atoms in total. The second-order valence-corrected chi connectivity index (χ2v) is 4.29. The van der Waals surface area contributed by atoms with Crippen LogP contribution in [0.15, 0.2) is 30.6 Å². The highest BCUT2D eigenvalue weighted by molar-refractivity contribution is 5.64. The Morgan fingerprint density at radius 2 is 2.14 bits per heavy atom. The molecule has 1 aliphatic carbocycles. The van der Waals surface area contributed by atoms with Crippen LogP contribution in [0.3, 0.4) is 0 Å². The minimum atomic E-state index is 0.212. The van der Waals surface area contributed by atoms with Crippen molar-refractivity contribution in [3.8, 4) is 0 Å². The zero-order chi connectivity index (χ0) is 9.60. The molecule has 1 fully saturated rings. The molecule has 2 heterocycles. The van der Waals surface area contributed by atoms with E-state index in [4.69, 9.17) is 0 Å². The summed E-state index contributed by atoms with van der Waals surface area (Å²) in [6.45, 7) is 4.15. The average Bonchev–Trinajstić information content (AvgIpc) is 2.77. The Kier molecular flexibility index (Phi) is 1.49. The van der Waals surface area contributed by atoms with Gasteiger partial charge in [0, 0.05) is 22.9 Å². The number of allylic oxidation sites excluding steroid dienone is 1. The Morgan fingerprint density at radius 3 is 2.93 bits per heavy atom. The van der Waals surface area contributed by atoms with E-state index in [2.05, 4.69) is 22.9 Å². The maximum Gasteiger partial charge on any atom is 0.134 e. The summed E-state index contributed by atoms with van der Waals surface area (Å²) in [7, 11) is 0. The third kappa shape index (κ3) is 0.834. The third-order valence-corrected chi connectivity index (χ3v) is 3.63. The number of nitrogens with zero attached hydrogens (tertiary/aromatic N) is 1. The number of rotatable bonds is 0. The first kappa shape index (κ1) is 8.04. The van der Waals surface area contributed by atoms with Gasteiger partial charge in [0.15, 0.2) is 0 Å². The van der Waals surface area contributed by atoms with Gasteiger partial charge >= 0.3 is 0 Å². The van der Waals surface area contributed by atoms with Gasteiger partial charge in [0.2, 0.25) is 0 Å². The smallest absolute Gasteiger partial charge is 0.134 e. The molecule has 1 aliphatic heterocycles. The first-order valence-corrected chi connectivity index (χ1v) is 5.25. The molecule has 0 aromatic carbocycles. The molecule has 0 bridgehead atoms. The van der Waals surface area contributed by atoms with Gasteiger partial charge in [0.05, 0.1) is 0 Å². The molecule has 1 saturated carbocycles. The summed E-state index contributed by atoms with van der Waals surface area (Å²) in [6.07, 6.45) is 6.94. The van der Waals surface area contributed by atoms with Crippen molar-refractivity contribution >= 4 is 5.82 Å². The lowest BCUT2D eigenvalue weighted by molar-refractivity contribution is 0.546. The Bertz CT molecular complexity index is 389. The molecule has 0 amide bonds. The predicted octanol–water partition coefficient (Wildman–Crippen LogP) is 2.83. The number of pyridine rings is 1. The highest BCUT2D eigenvalue weighted by Crippen LogP contribution is 2.51. The van der Waals surface area contributed by atoms with E-state index in [-0.39, 0.29) is 5.41 Å². The number of hydrogen-bond acceptors (Lipinski definition) is 2. The Balaban J connectivity index is 2.18. The van der Waals surface area contributed by atoms with E-state index < -0.39 is 0 Å². The summed E-state index contributed by atoms with van der Waals surface area (Å²) >= 11 is 0. The first-order chi connectivity index (χ1) is 6.83. The molecule has 0 atom stereocenters. The van der Waals surface area contributed by atoms with E-state index in [1.807, 2.05) is 12.3 Å². The van der Waals surface area contributed by atoms with Crippen LogP contribution in [0, 0.1) is 0 Å². The van der Waals surface area contributed by atoms with Crippen molar-refractivity contribution in [3.05, 3.63) is 36.2 Å². The van der Waals surface area contributed by atoms with Crippen molar-refractivity contribution in [2.24, 2.45) is 0 Å². The van der Waals surface area contributed by atoms with E-state index in [9.17, 15) is 0 Å². The summed E-state index contributed by atoms with van der Waals surface area (Å²) in [5, 5.41) is 3.32. The summed E-state index contributed by atoms with van der Waals surface area (Å²) in [6, 6.07) is 4.22. The normalized spacial score (nSPS) is 22.4. The number of fused-ring (bicyclic) bond motifs is 2. The molecule has 2 heteroatoms. The Hall–Kier alpha value is -1.31. The molecule has 0 radical (unpaired) electrons. The first-order valence-electron chi connectivity index (χ1n) is 5.25. The van der Waals surface area contributed by atoms with Gasteiger partial charge in [-0.1, -0.05) is 25.5 Å². The Morgan fingerprint density at radius 1 is 1.36 bits per heavy atom. The third-order valence-electron chi connectivity index (χ3n) is 3.63. The zero-order valence-electron chi connectivity index (χ0n) is 8.21. The van der Waals surface area contributed by atoms with Gasteiger partial charge in [-0.3, -0.25) is 0 Å². The summed E-state index contributed by atoms with van der Waals surface area (Å²) in [4.78, 5) is 4.36. The van der Waals surface area contributed by atoms with E-state index in [0.29, 0.717) is 0 Å². The van der Waals surface area contributed by atoms with Crippen LogP contribution in [0.5, 0.6) is 0 Å². The minimum absolute atomic E-state index is 0.212. The topological polar surface area (TPSA) is 24.9 Å². The molecule has 0 saturated heterocycles. The van der Waals surface area contributed by atoms with Gasteiger partial charge < -0.3 is 5.32 Å². The maximum absolute atomic E-state index is 4.36. The van der Waals surface area contributed by atoms with Gasteiger partial charge in [-0.2, -0.15) is 0 Å². The minimum Gasteiger partial charge on any atom is -0.343 e. The van der Waals surface area contributed by atoms with Crippen LogP contribution in [0.2, 0.25) is 0 Å². The summed E-state index contributed by atoms with van der Waals surface area (Å²) in [5.41, 5.74) is 2.73. The van der Waals surface area contributed by atoms with Crippen molar-refractivity contribution in [3.63, 3.8) is 0 Å². The summed E-state index contributed by atoms with van der Waals surface area (Å²) in [5.74, 6) is 1.03. The molecular weight excluding hydrogens is 172 g/mol. The fourth-order valence-corrected chi connectivity index (χ4v) is 2.87. The van der Waals surface area contributed by atoms with Crippen molar-refractivity contribution in [1.82, 2.24) is 4.98 Å². The second kappa shape index (κ2) is 2.59. The van der Waals surface area contributed by atoms with E-state index >= 15 is 0 Å². The molecule has 72 valence electrons. The van der Waals surface area contributed by atoms with Gasteiger partial charge in [0.1, 0.15) is 5.82 Å². The summed E-state index contributed by atoms with van der Waals surface area (Å²) < 4.78 is 0. The van der Waals surface area contributed by atoms with Gasteiger partial charge in [0.25, 0.3) is 0 Å². The molecule has 14 heavy (non-hydrogen) atoms. The molecule has 3 rings (SSSR count). The van der Waals surface area contributed by atoms with Crippen LogP contribution in [-0.4, -0.2) is 4.98 Å². The van der Waals surface area contributed by atoms with Crippen molar-refractivity contribution in [2.45, 2.75) is 31.1 Å². The average molecular weight is 186 g/mol. The quantitative estimate of drug-likeness (QED) is 0.674. The van der Waals surface area contributed by atoms with E-state index in [1.54, 1.807) is 0 Å². The van der Waals surface area contributed by atoms with Crippen LogP contribution >= 0.6 is 0 Å². The van der Waals surface area contributed by atoms with Crippen LogP contribution in [-0.2, 0) is 5.41 Å². The number of aromatic nitrogens is 1. The van der Waals surface area contributed by atoms with Crippen molar-refractivity contribution < 1.29 is 0 Å². The fourth-order valence-electron chi connectivity index (χ4n) is 2.87. The lowest BCUT2D eigenvalue weighted by Crippen LogP contribution is -2.21. The van der Waals surface area contributed by atoms with Crippen molar-refractivity contribution in [2.75, 3.05) is 5.32 Å². The SMILES string of the molecule is C=C1Nc2ncccc2C12CCCC2. The number of anilines is 1. The van der Waals surface area contributed by atoms with Crippen molar-refractivity contribution in [1.29, 1.82) is 0 Å². The van der Waals surface area contributed by atoms with Crippen LogP contribution < -0.4 is 5.32 Å². The lowest BCUT2D eigenvalue weighted by Gasteiger charge is -2.23. The molecule has 1 spiro atoms. The second-order valence-electron chi connectivity index (χ2n) is 4.29. The van der Waals surface area contributed by atoms with Gasteiger partial charge in [-0.05, 0) is 18.9 Å². The van der Waals surface area contributed by atoms with E-state index in [0.717, 1.165) is 11.5 Å².